The average Bonchev–Trinajstić information content (AvgIpc) is 3.24. The molecule has 0 amide bonds. The lowest BCUT2D eigenvalue weighted by Crippen LogP contribution is -2.02. The third-order valence-corrected chi connectivity index (χ3v) is 4.83. The van der Waals surface area contributed by atoms with Crippen molar-refractivity contribution in [3.8, 4) is 17.1 Å². The number of rotatable bonds is 4. The number of nitrogens with two attached hydrogens (primary N) is 1. The fraction of sp³-hybridized carbons (Fsp3) is 0.250. The summed E-state index contributed by atoms with van der Waals surface area (Å²) in [5, 5.41) is 0. The van der Waals surface area contributed by atoms with Crippen molar-refractivity contribution in [3.63, 3.8) is 0 Å². The maximum atomic E-state index is 6.18. The van der Waals surface area contributed by atoms with E-state index in [4.69, 9.17) is 15.7 Å². The van der Waals surface area contributed by atoms with Gasteiger partial charge in [-0.05, 0) is 62.7 Å². The number of aromatic nitrogens is 4. The molecule has 0 aliphatic carbocycles. The Balaban J connectivity index is 0.000000914. The highest BCUT2D eigenvalue weighted by Gasteiger charge is 2.18. The summed E-state index contributed by atoms with van der Waals surface area (Å²) in [6.45, 7) is 14.1. The van der Waals surface area contributed by atoms with Gasteiger partial charge in [0, 0.05) is 11.9 Å². The molecule has 5 nitrogen and oxygen atoms in total. The van der Waals surface area contributed by atoms with E-state index < -0.39 is 0 Å². The SMILES string of the molecule is C/C=C\C(=C/C)c1ccc2nc(-c3cccnc3N)n(-c3ccc(C)cc3)c2n1.CC.CC. The first-order valence-electron chi connectivity index (χ1n) is 11.6. The standard InChI is InChI=1S/C24H23N5.2C2H6/c1-4-7-17(5-2)20-13-14-21-24(27-20)29(18-11-9-16(3)10-12-18)23(28-21)19-8-6-15-26-22(19)25;2*1-2/h4-15H,1-3H3,(H2,25,26);2*1-2H3/b7-4-,17-5+;;. The lowest BCUT2D eigenvalue weighted by atomic mass is 10.1. The van der Waals surface area contributed by atoms with Crippen molar-refractivity contribution in [2.75, 3.05) is 5.73 Å². The second kappa shape index (κ2) is 12.3. The number of anilines is 1. The number of pyridine rings is 2. The van der Waals surface area contributed by atoms with Crippen LogP contribution in [-0.2, 0) is 0 Å². The van der Waals surface area contributed by atoms with E-state index in [0.717, 1.165) is 39.5 Å². The summed E-state index contributed by atoms with van der Waals surface area (Å²) >= 11 is 0. The Morgan fingerprint density at radius 3 is 2.21 bits per heavy atom. The summed E-state index contributed by atoms with van der Waals surface area (Å²) < 4.78 is 2.05. The first kappa shape index (κ1) is 25.5. The highest BCUT2D eigenvalue weighted by atomic mass is 15.1. The number of fused-ring (bicyclic) bond motifs is 1. The van der Waals surface area contributed by atoms with Crippen molar-refractivity contribution in [3.05, 3.63) is 84.2 Å². The van der Waals surface area contributed by atoms with Crippen LogP contribution in [0, 0.1) is 6.92 Å². The van der Waals surface area contributed by atoms with Crippen LogP contribution >= 0.6 is 0 Å². The van der Waals surface area contributed by atoms with E-state index in [0.29, 0.717) is 5.82 Å². The third-order valence-electron chi connectivity index (χ3n) is 4.83. The van der Waals surface area contributed by atoms with E-state index in [9.17, 15) is 0 Å². The molecule has 0 unspecified atom stereocenters. The van der Waals surface area contributed by atoms with E-state index in [2.05, 4.69) is 52.9 Å². The Morgan fingerprint density at radius 1 is 0.909 bits per heavy atom. The van der Waals surface area contributed by atoms with Gasteiger partial charge in [-0.2, -0.15) is 0 Å². The van der Waals surface area contributed by atoms with Crippen LogP contribution in [0.1, 0.15) is 52.8 Å². The average molecular weight is 442 g/mol. The van der Waals surface area contributed by atoms with E-state index in [1.165, 1.54) is 5.56 Å². The minimum absolute atomic E-state index is 0.444. The van der Waals surface area contributed by atoms with Crippen molar-refractivity contribution in [2.45, 2.75) is 48.5 Å². The molecule has 0 atom stereocenters. The van der Waals surface area contributed by atoms with Gasteiger partial charge < -0.3 is 5.73 Å². The summed E-state index contributed by atoms with van der Waals surface area (Å²) in [6.07, 6.45) is 7.81. The Kier molecular flexibility index (Phi) is 9.55. The smallest absolute Gasteiger partial charge is 0.165 e. The van der Waals surface area contributed by atoms with Gasteiger partial charge in [0.25, 0.3) is 0 Å². The number of benzene rings is 1. The van der Waals surface area contributed by atoms with E-state index >= 15 is 0 Å². The van der Waals surface area contributed by atoms with Gasteiger partial charge in [-0.15, -0.1) is 0 Å². The van der Waals surface area contributed by atoms with E-state index in [-0.39, 0.29) is 0 Å². The number of nitrogens with zero attached hydrogens (tertiary/aromatic N) is 4. The van der Waals surface area contributed by atoms with Crippen molar-refractivity contribution in [1.82, 2.24) is 19.5 Å². The van der Waals surface area contributed by atoms with Crippen LogP contribution in [0.2, 0.25) is 0 Å². The zero-order chi connectivity index (χ0) is 24.4. The molecule has 0 bridgehead atoms. The Hall–Kier alpha value is -3.73. The molecule has 0 fully saturated rings. The second-order valence-electron chi connectivity index (χ2n) is 6.83. The lowest BCUT2D eigenvalue weighted by Gasteiger charge is -2.11. The van der Waals surface area contributed by atoms with Gasteiger partial charge >= 0.3 is 0 Å². The Labute approximate surface area is 197 Å². The number of aryl methyl sites for hydroxylation is 1. The molecular weight excluding hydrogens is 406 g/mol. The monoisotopic (exact) mass is 441 g/mol. The van der Waals surface area contributed by atoms with E-state index in [1.54, 1.807) is 6.20 Å². The third kappa shape index (κ3) is 5.55. The zero-order valence-corrected chi connectivity index (χ0v) is 20.8. The molecule has 0 aliphatic heterocycles. The summed E-state index contributed by atoms with van der Waals surface area (Å²) in [6, 6.07) is 16.1. The molecular formula is C28H35N5. The molecule has 0 radical (unpaired) electrons. The first-order valence-corrected chi connectivity index (χ1v) is 11.6. The maximum absolute atomic E-state index is 6.18. The zero-order valence-electron chi connectivity index (χ0n) is 20.8. The van der Waals surface area contributed by atoms with Crippen LogP contribution in [0.5, 0.6) is 0 Å². The molecule has 3 heterocycles. The molecule has 3 aromatic heterocycles. The lowest BCUT2D eigenvalue weighted by molar-refractivity contribution is 1.07. The summed E-state index contributed by atoms with van der Waals surface area (Å²) in [5.74, 6) is 1.17. The number of hydrogen-bond donors (Lipinski definition) is 1. The Morgan fingerprint density at radius 2 is 1.61 bits per heavy atom. The number of hydrogen-bond acceptors (Lipinski definition) is 4. The number of allylic oxidation sites excluding steroid dienone is 4. The van der Waals surface area contributed by atoms with Gasteiger partial charge in [0.1, 0.15) is 11.3 Å². The topological polar surface area (TPSA) is 69.6 Å². The van der Waals surface area contributed by atoms with Crippen molar-refractivity contribution in [2.24, 2.45) is 0 Å². The molecule has 4 aromatic rings. The number of nitrogen functional groups attached to an aromatic ring is 1. The fourth-order valence-electron chi connectivity index (χ4n) is 3.35. The van der Waals surface area contributed by atoms with Crippen LogP contribution in [0.25, 0.3) is 33.8 Å². The highest BCUT2D eigenvalue weighted by Crippen LogP contribution is 2.31. The number of imidazole rings is 1. The summed E-state index contributed by atoms with van der Waals surface area (Å²) in [5.41, 5.74) is 12.7. The van der Waals surface area contributed by atoms with Gasteiger partial charge in [0.2, 0.25) is 0 Å². The maximum Gasteiger partial charge on any atom is 0.165 e. The van der Waals surface area contributed by atoms with Crippen molar-refractivity contribution in [1.29, 1.82) is 0 Å². The molecule has 0 aliphatic rings. The van der Waals surface area contributed by atoms with Crippen LogP contribution in [0.3, 0.4) is 0 Å². The van der Waals surface area contributed by atoms with Crippen molar-refractivity contribution < 1.29 is 0 Å². The van der Waals surface area contributed by atoms with Crippen LogP contribution in [0.4, 0.5) is 5.82 Å². The van der Waals surface area contributed by atoms with Crippen LogP contribution in [0.15, 0.2) is 73.0 Å². The minimum Gasteiger partial charge on any atom is -0.383 e. The van der Waals surface area contributed by atoms with Gasteiger partial charge in [-0.3, -0.25) is 4.57 Å². The Bertz CT molecular complexity index is 1230. The predicted octanol–water partition coefficient (Wildman–Crippen LogP) is 7.40. The quantitative estimate of drug-likeness (QED) is 0.335. The summed E-state index contributed by atoms with van der Waals surface area (Å²) in [4.78, 5) is 14.1. The minimum atomic E-state index is 0.444. The highest BCUT2D eigenvalue weighted by molar-refractivity contribution is 5.85. The van der Waals surface area contributed by atoms with Gasteiger partial charge in [-0.25, -0.2) is 15.0 Å². The molecule has 33 heavy (non-hydrogen) atoms. The van der Waals surface area contributed by atoms with Crippen LogP contribution < -0.4 is 5.73 Å². The molecule has 172 valence electrons. The van der Waals surface area contributed by atoms with Crippen LogP contribution in [-0.4, -0.2) is 19.5 Å². The normalized spacial score (nSPS) is 11.1. The molecule has 5 heteroatoms. The summed E-state index contributed by atoms with van der Waals surface area (Å²) in [7, 11) is 0. The molecule has 2 N–H and O–H groups in total. The molecule has 1 aromatic carbocycles. The molecule has 0 saturated carbocycles. The van der Waals surface area contributed by atoms with Gasteiger partial charge in [0.05, 0.1) is 11.3 Å². The van der Waals surface area contributed by atoms with E-state index in [1.807, 2.05) is 71.9 Å². The van der Waals surface area contributed by atoms with Crippen molar-refractivity contribution >= 4 is 22.6 Å². The van der Waals surface area contributed by atoms with Gasteiger partial charge in [-0.1, -0.05) is 63.6 Å². The largest absolute Gasteiger partial charge is 0.383 e. The first-order chi connectivity index (χ1) is 16.1. The predicted molar refractivity (Wildman–Crippen MR) is 142 cm³/mol. The molecule has 0 spiro atoms. The van der Waals surface area contributed by atoms with Gasteiger partial charge in [0.15, 0.2) is 11.5 Å². The molecule has 0 saturated heterocycles. The second-order valence-corrected chi connectivity index (χ2v) is 6.83. The fourth-order valence-corrected chi connectivity index (χ4v) is 3.35. The molecule has 4 rings (SSSR count).